The molecule has 7 nitrogen and oxygen atoms in total. The molecule has 1 heterocycles. The largest absolute Gasteiger partial charge is 0.586 e. The third-order valence-electron chi connectivity index (χ3n) is 3.22. The molecular weight excluding hydrogens is 371 g/mol. The Morgan fingerprint density at radius 2 is 1.70 bits per heavy atom. The molecule has 0 fully saturated rings. The molecule has 27 heavy (non-hydrogen) atoms. The van der Waals surface area contributed by atoms with E-state index in [9.17, 15) is 22.8 Å². The van der Waals surface area contributed by atoms with Crippen LogP contribution in [0.1, 0.15) is 0 Å². The van der Waals surface area contributed by atoms with Crippen molar-refractivity contribution in [2.75, 3.05) is 18.5 Å². The number of amides is 1. The summed E-state index contributed by atoms with van der Waals surface area (Å²) in [6.45, 7) is -1.09. The topological polar surface area (TPSA) is 83.1 Å². The van der Waals surface area contributed by atoms with Gasteiger partial charge in [0.25, 0.3) is 5.91 Å². The molecule has 0 bridgehead atoms. The summed E-state index contributed by atoms with van der Waals surface area (Å²) in [7, 11) is 0. The molecule has 0 unspecified atom stereocenters. The van der Waals surface area contributed by atoms with Gasteiger partial charge in [0.2, 0.25) is 0 Å². The first-order valence-corrected chi connectivity index (χ1v) is 7.54. The number of halogens is 3. The number of nitrogens with one attached hydrogen (secondary N) is 1. The standard InChI is InChI=1S/C17H12F3NO6/c18-10-1-4-12(5-2-10)24-9-16(23)25-8-15(22)21-11-3-6-13-14(7-11)27-17(19,20)26-13/h1-7H,8-9H2,(H,21,22). The summed E-state index contributed by atoms with van der Waals surface area (Å²) in [5, 5.41) is 2.36. The maximum atomic E-state index is 12.9. The minimum atomic E-state index is -3.76. The van der Waals surface area contributed by atoms with Gasteiger partial charge in [-0.15, -0.1) is 8.78 Å². The van der Waals surface area contributed by atoms with Crippen LogP contribution in [0.25, 0.3) is 0 Å². The zero-order valence-electron chi connectivity index (χ0n) is 13.5. The molecule has 0 radical (unpaired) electrons. The van der Waals surface area contributed by atoms with E-state index in [0.717, 1.165) is 18.2 Å². The minimum absolute atomic E-state index is 0.152. The Morgan fingerprint density at radius 1 is 1.00 bits per heavy atom. The molecule has 1 aliphatic rings. The lowest BCUT2D eigenvalue weighted by Gasteiger charge is -2.08. The number of anilines is 1. The summed E-state index contributed by atoms with van der Waals surface area (Å²) in [6.07, 6.45) is -3.76. The minimum Gasteiger partial charge on any atom is -0.482 e. The second-order valence-electron chi connectivity index (χ2n) is 5.28. The molecule has 0 saturated heterocycles. The highest BCUT2D eigenvalue weighted by atomic mass is 19.3. The van der Waals surface area contributed by atoms with Gasteiger partial charge in [0, 0.05) is 11.8 Å². The second-order valence-corrected chi connectivity index (χ2v) is 5.28. The first-order chi connectivity index (χ1) is 12.8. The Hall–Kier alpha value is -3.43. The summed E-state index contributed by atoms with van der Waals surface area (Å²) in [5.74, 6) is -2.11. The van der Waals surface area contributed by atoms with E-state index >= 15 is 0 Å². The van der Waals surface area contributed by atoms with E-state index in [1.165, 1.54) is 24.3 Å². The van der Waals surface area contributed by atoms with Crippen LogP contribution in [0, 0.1) is 5.82 Å². The van der Waals surface area contributed by atoms with Crippen molar-refractivity contribution in [2.45, 2.75) is 6.29 Å². The van der Waals surface area contributed by atoms with E-state index < -0.39 is 37.2 Å². The molecule has 2 aromatic rings. The molecule has 0 aromatic heterocycles. The van der Waals surface area contributed by atoms with Crippen molar-refractivity contribution in [3.8, 4) is 17.2 Å². The number of carbonyl (C=O) groups excluding carboxylic acids is 2. The fourth-order valence-corrected chi connectivity index (χ4v) is 2.08. The number of ether oxygens (including phenoxy) is 4. The number of hydrogen-bond acceptors (Lipinski definition) is 6. The number of fused-ring (bicyclic) bond motifs is 1. The number of rotatable bonds is 6. The van der Waals surface area contributed by atoms with Crippen LogP contribution in [0.3, 0.4) is 0 Å². The van der Waals surface area contributed by atoms with E-state index in [4.69, 9.17) is 9.47 Å². The highest BCUT2D eigenvalue weighted by Crippen LogP contribution is 2.42. The van der Waals surface area contributed by atoms with E-state index in [2.05, 4.69) is 14.8 Å². The predicted molar refractivity (Wildman–Crippen MR) is 84.1 cm³/mol. The third kappa shape index (κ3) is 5.03. The molecule has 0 atom stereocenters. The molecule has 142 valence electrons. The van der Waals surface area contributed by atoms with Gasteiger partial charge in [-0.25, -0.2) is 9.18 Å². The van der Waals surface area contributed by atoms with Gasteiger partial charge in [-0.05, 0) is 36.4 Å². The van der Waals surface area contributed by atoms with Crippen LogP contribution in [-0.4, -0.2) is 31.4 Å². The van der Waals surface area contributed by atoms with Crippen LogP contribution in [0.4, 0.5) is 18.9 Å². The Bertz CT molecular complexity index is 856. The zero-order valence-corrected chi connectivity index (χ0v) is 13.5. The quantitative estimate of drug-likeness (QED) is 0.773. The molecule has 0 saturated carbocycles. The highest BCUT2D eigenvalue weighted by Gasteiger charge is 2.43. The van der Waals surface area contributed by atoms with Gasteiger partial charge < -0.3 is 24.3 Å². The van der Waals surface area contributed by atoms with Crippen molar-refractivity contribution < 1.29 is 41.7 Å². The van der Waals surface area contributed by atoms with Crippen molar-refractivity contribution in [1.82, 2.24) is 0 Å². The molecular formula is C17H12F3NO6. The molecule has 0 spiro atoms. The van der Waals surface area contributed by atoms with Crippen molar-refractivity contribution in [3.63, 3.8) is 0 Å². The number of hydrogen-bond donors (Lipinski definition) is 1. The van der Waals surface area contributed by atoms with Crippen LogP contribution in [0.2, 0.25) is 0 Å². The highest BCUT2D eigenvalue weighted by molar-refractivity contribution is 5.93. The maximum Gasteiger partial charge on any atom is 0.586 e. The molecule has 3 rings (SSSR count). The fraction of sp³-hybridized carbons (Fsp3) is 0.176. The smallest absolute Gasteiger partial charge is 0.482 e. The SMILES string of the molecule is O=C(COC(=O)COc1ccc(F)cc1)Nc1ccc2c(c1)OC(F)(F)O2. The average Bonchev–Trinajstić information content (AvgIpc) is 2.92. The third-order valence-corrected chi connectivity index (χ3v) is 3.22. The van der Waals surface area contributed by atoms with E-state index in [1.54, 1.807) is 0 Å². The Morgan fingerprint density at radius 3 is 2.44 bits per heavy atom. The summed E-state index contributed by atoms with van der Waals surface area (Å²) in [5.41, 5.74) is 0.152. The van der Waals surface area contributed by atoms with Crippen molar-refractivity contribution in [3.05, 3.63) is 48.3 Å². The average molecular weight is 383 g/mol. The maximum absolute atomic E-state index is 12.9. The molecule has 1 aliphatic heterocycles. The zero-order chi connectivity index (χ0) is 19.4. The molecule has 0 aliphatic carbocycles. The first-order valence-electron chi connectivity index (χ1n) is 7.54. The summed E-state index contributed by atoms with van der Waals surface area (Å²) >= 11 is 0. The van der Waals surface area contributed by atoms with Gasteiger partial charge in [0.15, 0.2) is 24.7 Å². The van der Waals surface area contributed by atoms with Gasteiger partial charge >= 0.3 is 12.3 Å². The van der Waals surface area contributed by atoms with E-state index in [-0.39, 0.29) is 22.9 Å². The number of carbonyl (C=O) groups is 2. The molecule has 1 N–H and O–H groups in total. The van der Waals surface area contributed by atoms with Crippen LogP contribution in [-0.2, 0) is 14.3 Å². The van der Waals surface area contributed by atoms with Crippen molar-refractivity contribution in [2.24, 2.45) is 0 Å². The van der Waals surface area contributed by atoms with Gasteiger partial charge in [0.1, 0.15) is 11.6 Å². The summed E-state index contributed by atoms with van der Waals surface area (Å²) in [6, 6.07) is 8.66. The number of esters is 1. The molecule has 10 heteroatoms. The van der Waals surface area contributed by atoms with Gasteiger partial charge in [0.05, 0.1) is 0 Å². The van der Waals surface area contributed by atoms with Crippen LogP contribution >= 0.6 is 0 Å². The predicted octanol–water partition coefficient (Wildman–Crippen LogP) is 2.71. The number of benzene rings is 2. The normalized spacial score (nSPS) is 13.7. The van der Waals surface area contributed by atoms with E-state index in [1.807, 2.05) is 0 Å². The van der Waals surface area contributed by atoms with Gasteiger partial charge in [-0.3, -0.25) is 4.79 Å². The fourth-order valence-electron chi connectivity index (χ4n) is 2.08. The lowest BCUT2D eigenvalue weighted by atomic mass is 10.3. The van der Waals surface area contributed by atoms with Crippen molar-refractivity contribution >= 4 is 17.6 Å². The van der Waals surface area contributed by atoms with Gasteiger partial charge in [-0.1, -0.05) is 0 Å². The number of alkyl halides is 2. The van der Waals surface area contributed by atoms with Gasteiger partial charge in [-0.2, -0.15) is 0 Å². The van der Waals surface area contributed by atoms with Crippen molar-refractivity contribution in [1.29, 1.82) is 0 Å². The second kappa shape index (κ2) is 7.44. The first kappa shape index (κ1) is 18.4. The lowest BCUT2D eigenvalue weighted by molar-refractivity contribution is -0.286. The van der Waals surface area contributed by atoms with E-state index in [0.29, 0.717) is 0 Å². The Balaban J connectivity index is 1.43. The van der Waals surface area contributed by atoms with Crippen LogP contribution < -0.4 is 19.5 Å². The Labute approximate surface area is 150 Å². The van der Waals surface area contributed by atoms with Crippen LogP contribution in [0.15, 0.2) is 42.5 Å². The lowest BCUT2D eigenvalue weighted by Crippen LogP contribution is -2.26. The summed E-state index contributed by atoms with van der Waals surface area (Å²) in [4.78, 5) is 23.3. The summed E-state index contributed by atoms with van der Waals surface area (Å²) < 4.78 is 56.9. The molecule has 1 amide bonds. The Kier molecular flexibility index (Phi) is 5.06. The van der Waals surface area contributed by atoms with Crippen LogP contribution in [0.5, 0.6) is 17.2 Å². The monoisotopic (exact) mass is 383 g/mol. The molecule has 2 aromatic carbocycles.